The monoisotopic (exact) mass is 424 g/mol. The molecular weight excluding hydrogens is 400 g/mol. The highest BCUT2D eigenvalue weighted by molar-refractivity contribution is 7.92. The molecule has 0 aliphatic carbocycles. The van der Waals surface area contributed by atoms with Crippen LogP contribution in [0.15, 0.2) is 65.7 Å². The Kier molecular flexibility index (Phi) is 5.34. The van der Waals surface area contributed by atoms with Gasteiger partial charge in [0, 0.05) is 24.2 Å². The molecule has 156 valence electrons. The standard InChI is InChI=1S/C22H24N4O3S/c1-3-13-25-21(11-12-23-25)24-22(27)18-8-6-9-19(15-18)30(28,29)26-16(2)14-17-7-4-5-10-20(17)26/h4-12,15-16H,3,13-14H2,1-2H3,(H,24,27). The van der Waals surface area contributed by atoms with Crippen molar-refractivity contribution in [2.75, 3.05) is 9.62 Å². The number of carbonyl (C=O) groups excluding carboxylic acids is 1. The summed E-state index contributed by atoms with van der Waals surface area (Å²) in [5, 5.41) is 7.01. The van der Waals surface area contributed by atoms with E-state index < -0.39 is 10.0 Å². The largest absolute Gasteiger partial charge is 0.307 e. The Labute approximate surface area is 176 Å². The summed E-state index contributed by atoms with van der Waals surface area (Å²) in [7, 11) is -3.80. The molecule has 3 aromatic rings. The number of aromatic nitrogens is 2. The highest BCUT2D eigenvalue weighted by atomic mass is 32.2. The summed E-state index contributed by atoms with van der Waals surface area (Å²) in [6, 6.07) is 15.2. The third-order valence-corrected chi connectivity index (χ3v) is 7.12. The smallest absolute Gasteiger partial charge is 0.264 e. The molecule has 4 rings (SSSR count). The Hall–Kier alpha value is -3.13. The molecule has 2 aromatic carbocycles. The van der Waals surface area contributed by atoms with Crippen LogP contribution in [0.25, 0.3) is 0 Å². The summed E-state index contributed by atoms with van der Waals surface area (Å²) >= 11 is 0. The van der Waals surface area contributed by atoms with Crippen molar-refractivity contribution < 1.29 is 13.2 Å². The number of aryl methyl sites for hydroxylation is 1. The summed E-state index contributed by atoms with van der Waals surface area (Å²) in [5.74, 6) is 0.206. The van der Waals surface area contributed by atoms with Crippen molar-refractivity contribution >= 4 is 27.4 Å². The first-order valence-electron chi connectivity index (χ1n) is 9.97. The molecule has 1 amide bonds. The molecule has 0 saturated carbocycles. The molecule has 0 radical (unpaired) electrons. The van der Waals surface area contributed by atoms with Crippen LogP contribution in [0.4, 0.5) is 11.5 Å². The lowest BCUT2D eigenvalue weighted by Crippen LogP contribution is -2.35. The van der Waals surface area contributed by atoms with E-state index in [-0.39, 0.29) is 22.4 Å². The van der Waals surface area contributed by atoms with E-state index in [0.29, 0.717) is 24.5 Å². The minimum absolute atomic E-state index is 0.0979. The molecule has 1 aliphatic heterocycles. The lowest BCUT2D eigenvalue weighted by molar-refractivity contribution is 0.102. The van der Waals surface area contributed by atoms with E-state index in [1.165, 1.54) is 16.4 Å². The van der Waals surface area contributed by atoms with Gasteiger partial charge in [0.1, 0.15) is 5.82 Å². The molecule has 0 spiro atoms. The third kappa shape index (κ3) is 3.59. The Bertz CT molecular complexity index is 1190. The fourth-order valence-corrected chi connectivity index (χ4v) is 5.57. The fraction of sp³-hybridized carbons (Fsp3) is 0.273. The Balaban J connectivity index is 1.63. The quantitative estimate of drug-likeness (QED) is 0.654. The van der Waals surface area contributed by atoms with Crippen molar-refractivity contribution in [1.82, 2.24) is 9.78 Å². The summed E-state index contributed by atoms with van der Waals surface area (Å²) in [5.41, 5.74) is 1.98. The maximum Gasteiger partial charge on any atom is 0.264 e. The first-order chi connectivity index (χ1) is 14.4. The van der Waals surface area contributed by atoms with E-state index in [0.717, 1.165) is 12.0 Å². The number of anilines is 2. The molecule has 8 heteroatoms. The first kappa shape index (κ1) is 20.2. The fourth-order valence-electron chi connectivity index (χ4n) is 3.83. The number of amides is 1. The van der Waals surface area contributed by atoms with E-state index in [9.17, 15) is 13.2 Å². The van der Waals surface area contributed by atoms with Crippen molar-refractivity contribution in [2.24, 2.45) is 0 Å². The molecule has 1 aliphatic rings. The minimum atomic E-state index is -3.80. The van der Waals surface area contributed by atoms with E-state index in [2.05, 4.69) is 10.4 Å². The second kappa shape index (κ2) is 7.95. The Morgan fingerprint density at radius 3 is 2.77 bits per heavy atom. The van der Waals surface area contributed by atoms with Crippen molar-refractivity contribution in [1.29, 1.82) is 0 Å². The van der Waals surface area contributed by atoms with Crippen LogP contribution in [0.1, 0.15) is 36.2 Å². The maximum absolute atomic E-state index is 13.4. The summed E-state index contributed by atoms with van der Waals surface area (Å²) in [6.07, 6.45) is 3.17. The first-order valence-corrected chi connectivity index (χ1v) is 11.4. The number of sulfonamides is 1. The second-order valence-corrected chi connectivity index (χ2v) is 9.22. The van der Waals surface area contributed by atoms with Crippen LogP contribution in [0.2, 0.25) is 0 Å². The minimum Gasteiger partial charge on any atom is -0.307 e. The van der Waals surface area contributed by atoms with Gasteiger partial charge in [0.25, 0.3) is 15.9 Å². The van der Waals surface area contributed by atoms with Crippen LogP contribution >= 0.6 is 0 Å². The lowest BCUT2D eigenvalue weighted by atomic mass is 10.1. The third-order valence-electron chi connectivity index (χ3n) is 5.19. The SMILES string of the molecule is CCCn1nccc1NC(=O)c1cccc(S(=O)(=O)N2c3ccccc3CC2C)c1. The molecule has 7 nitrogen and oxygen atoms in total. The van der Waals surface area contributed by atoms with Gasteiger partial charge in [0.05, 0.1) is 16.8 Å². The highest BCUT2D eigenvalue weighted by Crippen LogP contribution is 2.36. The number of hydrogen-bond acceptors (Lipinski definition) is 4. The molecule has 2 heterocycles. The van der Waals surface area contributed by atoms with Crippen LogP contribution < -0.4 is 9.62 Å². The predicted octanol–water partition coefficient (Wildman–Crippen LogP) is 3.69. The van der Waals surface area contributed by atoms with Gasteiger partial charge in [-0.3, -0.25) is 9.10 Å². The lowest BCUT2D eigenvalue weighted by Gasteiger charge is -2.24. The average molecular weight is 425 g/mol. The molecule has 0 bridgehead atoms. The van der Waals surface area contributed by atoms with Crippen LogP contribution in [-0.4, -0.2) is 30.1 Å². The molecule has 1 aromatic heterocycles. The number of nitrogens with one attached hydrogen (secondary N) is 1. The van der Waals surface area contributed by atoms with Gasteiger partial charge < -0.3 is 5.32 Å². The molecule has 1 unspecified atom stereocenters. The zero-order chi connectivity index (χ0) is 21.3. The average Bonchev–Trinajstić information content (AvgIpc) is 3.31. The highest BCUT2D eigenvalue weighted by Gasteiger charge is 2.36. The molecule has 0 fully saturated rings. The van der Waals surface area contributed by atoms with Gasteiger partial charge in [-0.15, -0.1) is 0 Å². The molecular formula is C22H24N4O3S. The number of nitrogens with zero attached hydrogens (tertiary/aromatic N) is 3. The summed E-state index contributed by atoms with van der Waals surface area (Å²) < 4.78 is 30.0. The van der Waals surface area contributed by atoms with Crippen molar-refractivity contribution in [2.45, 2.75) is 44.2 Å². The van der Waals surface area contributed by atoms with Gasteiger partial charge in [0.15, 0.2) is 0 Å². The zero-order valence-electron chi connectivity index (χ0n) is 16.9. The van der Waals surface area contributed by atoms with E-state index in [1.54, 1.807) is 29.1 Å². The summed E-state index contributed by atoms with van der Waals surface area (Å²) in [6.45, 7) is 4.60. The van der Waals surface area contributed by atoms with Crippen molar-refractivity contribution in [3.8, 4) is 0 Å². The molecule has 30 heavy (non-hydrogen) atoms. The van der Waals surface area contributed by atoms with Gasteiger partial charge in [-0.1, -0.05) is 31.2 Å². The van der Waals surface area contributed by atoms with Crippen molar-refractivity contribution in [3.63, 3.8) is 0 Å². The van der Waals surface area contributed by atoms with Gasteiger partial charge in [-0.2, -0.15) is 5.10 Å². The number of para-hydroxylation sites is 1. The molecule has 1 N–H and O–H groups in total. The van der Waals surface area contributed by atoms with Crippen LogP contribution in [0.5, 0.6) is 0 Å². The van der Waals surface area contributed by atoms with E-state index in [1.807, 2.05) is 38.1 Å². The normalized spacial score (nSPS) is 15.8. The van der Waals surface area contributed by atoms with E-state index >= 15 is 0 Å². The number of rotatable bonds is 6. The van der Waals surface area contributed by atoms with E-state index in [4.69, 9.17) is 0 Å². The topological polar surface area (TPSA) is 84.3 Å². The van der Waals surface area contributed by atoms with Gasteiger partial charge in [0.2, 0.25) is 0 Å². The maximum atomic E-state index is 13.4. The number of benzene rings is 2. The number of carbonyl (C=O) groups is 1. The Morgan fingerprint density at radius 1 is 1.17 bits per heavy atom. The number of hydrogen-bond donors (Lipinski definition) is 1. The molecule has 1 atom stereocenters. The Morgan fingerprint density at radius 2 is 1.97 bits per heavy atom. The zero-order valence-corrected chi connectivity index (χ0v) is 17.8. The van der Waals surface area contributed by atoms with Crippen LogP contribution in [0.3, 0.4) is 0 Å². The van der Waals surface area contributed by atoms with Crippen LogP contribution in [0, 0.1) is 0 Å². The van der Waals surface area contributed by atoms with Crippen LogP contribution in [-0.2, 0) is 23.0 Å². The van der Waals surface area contributed by atoms with Gasteiger partial charge in [-0.25, -0.2) is 13.1 Å². The molecule has 0 saturated heterocycles. The number of fused-ring (bicyclic) bond motifs is 1. The second-order valence-electron chi connectivity index (χ2n) is 7.40. The van der Waals surface area contributed by atoms with Crippen molar-refractivity contribution in [3.05, 3.63) is 71.9 Å². The predicted molar refractivity (Wildman–Crippen MR) is 116 cm³/mol. The van der Waals surface area contributed by atoms with Gasteiger partial charge >= 0.3 is 0 Å². The summed E-state index contributed by atoms with van der Waals surface area (Å²) in [4.78, 5) is 12.9. The van der Waals surface area contributed by atoms with Gasteiger partial charge in [-0.05, 0) is 49.6 Å².